The number of benzene rings is 5. The van der Waals surface area contributed by atoms with Crippen molar-refractivity contribution in [3.8, 4) is 11.5 Å². The van der Waals surface area contributed by atoms with Gasteiger partial charge in [0.1, 0.15) is 11.5 Å². The lowest BCUT2D eigenvalue weighted by atomic mass is 9.95. The summed E-state index contributed by atoms with van der Waals surface area (Å²) in [5.41, 5.74) is 7.12. The van der Waals surface area contributed by atoms with E-state index in [2.05, 4.69) is 72.7 Å². The lowest BCUT2D eigenvalue weighted by Gasteiger charge is -2.26. The molecule has 0 aromatic heterocycles. The Hall–Kier alpha value is -5.65. The van der Waals surface area contributed by atoms with Crippen LogP contribution < -0.4 is 14.4 Å². The van der Waals surface area contributed by atoms with Gasteiger partial charge < -0.3 is 19.5 Å². The smallest absolute Gasteiger partial charge is 0.335 e. The Labute approximate surface area is 251 Å². The van der Waals surface area contributed by atoms with E-state index < -0.39 is 12.3 Å². The molecular formula is C38H31NO4. The number of esters is 1. The van der Waals surface area contributed by atoms with E-state index in [0.29, 0.717) is 11.5 Å². The van der Waals surface area contributed by atoms with Crippen molar-refractivity contribution in [2.75, 3.05) is 4.90 Å². The summed E-state index contributed by atoms with van der Waals surface area (Å²) in [6.07, 6.45) is 3.55. The van der Waals surface area contributed by atoms with Gasteiger partial charge in [-0.3, -0.25) is 0 Å². The molecule has 5 rings (SSSR count). The van der Waals surface area contributed by atoms with Crippen LogP contribution in [-0.2, 0) is 4.79 Å². The van der Waals surface area contributed by atoms with Gasteiger partial charge in [0.25, 0.3) is 0 Å². The van der Waals surface area contributed by atoms with Gasteiger partial charge in [0.15, 0.2) is 0 Å². The molecule has 1 unspecified atom stereocenters. The highest BCUT2D eigenvalue weighted by Gasteiger charge is 2.14. The summed E-state index contributed by atoms with van der Waals surface area (Å²) < 4.78 is 10.7. The van der Waals surface area contributed by atoms with Crippen molar-refractivity contribution in [1.29, 1.82) is 0 Å². The van der Waals surface area contributed by atoms with Crippen molar-refractivity contribution in [1.82, 2.24) is 0 Å². The second kappa shape index (κ2) is 13.8. The van der Waals surface area contributed by atoms with Gasteiger partial charge >= 0.3 is 5.97 Å². The molecule has 5 nitrogen and oxygen atoms in total. The first kappa shape index (κ1) is 28.9. The zero-order valence-corrected chi connectivity index (χ0v) is 23.5. The van der Waals surface area contributed by atoms with E-state index in [1.165, 1.54) is 6.08 Å². The van der Waals surface area contributed by atoms with Crippen LogP contribution in [0.2, 0.25) is 0 Å². The predicted molar refractivity (Wildman–Crippen MR) is 174 cm³/mol. The zero-order valence-electron chi connectivity index (χ0n) is 23.5. The Kier molecular flexibility index (Phi) is 9.27. The molecule has 0 spiro atoms. The molecule has 0 amide bonds. The molecule has 1 N–H and O–H groups in total. The first-order valence-corrected chi connectivity index (χ1v) is 13.8. The first-order chi connectivity index (χ1) is 21.0. The minimum absolute atomic E-state index is 0.422. The number of ether oxygens (including phenoxy) is 2. The van der Waals surface area contributed by atoms with E-state index in [1.54, 1.807) is 24.3 Å². The van der Waals surface area contributed by atoms with Crippen LogP contribution in [0.3, 0.4) is 0 Å². The topological polar surface area (TPSA) is 59.0 Å². The molecule has 1 atom stereocenters. The number of aliphatic hydroxyl groups is 1. The molecular weight excluding hydrogens is 534 g/mol. The van der Waals surface area contributed by atoms with Crippen molar-refractivity contribution < 1.29 is 19.4 Å². The lowest BCUT2D eigenvalue weighted by Crippen LogP contribution is -2.12. The van der Waals surface area contributed by atoms with E-state index in [0.717, 1.165) is 45.4 Å². The van der Waals surface area contributed by atoms with Gasteiger partial charge in [0.2, 0.25) is 6.29 Å². The van der Waals surface area contributed by atoms with Crippen LogP contribution in [0.25, 0.3) is 11.6 Å². The Morgan fingerprint density at radius 1 is 0.651 bits per heavy atom. The Morgan fingerprint density at radius 3 is 1.58 bits per heavy atom. The van der Waals surface area contributed by atoms with Gasteiger partial charge in [-0.05, 0) is 95.1 Å². The molecule has 0 radical (unpaired) electrons. The number of hydrogen-bond acceptors (Lipinski definition) is 5. The third kappa shape index (κ3) is 7.36. The lowest BCUT2D eigenvalue weighted by molar-refractivity contribution is -0.128. The highest BCUT2D eigenvalue weighted by Crippen LogP contribution is 2.37. The molecule has 0 aliphatic rings. The van der Waals surface area contributed by atoms with Gasteiger partial charge in [-0.25, -0.2) is 4.79 Å². The van der Waals surface area contributed by atoms with Crippen molar-refractivity contribution in [3.05, 3.63) is 175 Å². The summed E-state index contributed by atoms with van der Waals surface area (Å²) >= 11 is 0. The van der Waals surface area contributed by atoms with Crippen molar-refractivity contribution in [2.45, 2.75) is 6.29 Å². The molecule has 43 heavy (non-hydrogen) atoms. The third-order valence-corrected chi connectivity index (χ3v) is 6.67. The minimum Gasteiger partial charge on any atom is -0.461 e. The van der Waals surface area contributed by atoms with E-state index in [9.17, 15) is 9.90 Å². The second-order valence-corrected chi connectivity index (χ2v) is 9.57. The van der Waals surface area contributed by atoms with Gasteiger partial charge in [-0.2, -0.15) is 0 Å². The van der Waals surface area contributed by atoms with E-state index in [1.807, 2.05) is 60.7 Å². The molecule has 0 fully saturated rings. The number of carbonyl (C=O) groups excluding carboxylic acids is 1. The second-order valence-electron chi connectivity index (χ2n) is 9.57. The number of aliphatic hydroxyl groups excluding tert-OH is 1. The highest BCUT2D eigenvalue weighted by atomic mass is 16.6. The van der Waals surface area contributed by atoms with Crippen molar-refractivity contribution in [2.24, 2.45) is 0 Å². The molecule has 212 valence electrons. The molecule has 5 heteroatoms. The molecule has 5 aromatic rings. The van der Waals surface area contributed by atoms with Gasteiger partial charge in [-0.15, -0.1) is 0 Å². The monoisotopic (exact) mass is 565 g/mol. The molecule has 0 heterocycles. The predicted octanol–water partition coefficient (Wildman–Crippen LogP) is 8.72. The number of hydrogen-bond donors (Lipinski definition) is 1. The summed E-state index contributed by atoms with van der Waals surface area (Å²) in [5, 5.41) is 9.79. The molecule has 5 aromatic carbocycles. The van der Waals surface area contributed by atoms with Crippen LogP contribution in [0.5, 0.6) is 11.5 Å². The maximum atomic E-state index is 11.7. The maximum Gasteiger partial charge on any atom is 0.335 e. The summed E-state index contributed by atoms with van der Waals surface area (Å²) in [4.78, 5) is 13.8. The average Bonchev–Trinajstić information content (AvgIpc) is 3.06. The fourth-order valence-electron chi connectivity index (χ4n) is 4.58. The highest BCUT2D eigenvalue weighted by molar-refractivity contribution is 5.91. The van der Waals surface area contributed by atoms with E-state index in [4.69, 9.17) is 9.47 Å². The van der Waals surface area contributed by atoms with E-state index >= 15 is 0 Å². The SMILES string of the molecule is C=CC(=O)Oc1ccc(N(c2ccc(C=C(c3ccccc3)c3ccccc3)cc2)c2ccc(OC(O)C=C)cc2)cc1. The van der Waals surface area contributed by atoms with Gasteiger partial charge in [-0.1, -0.05) is 86.0 Å². The largest absolute Gasteiger partial charge is 0.461 e. The van der Waals surface area contributed by atoms with Crippen LogP contribution in [0.4, 0.5) is 17.1 Å². The number of nitrogens with zero attached hydrogens (tertiary/aromatic N) is 1. The fraction of sp³-hybridized carbons (Fsp3) is 0.0263. The normalized spacial score (nSPS) is 11.1. The summed E-state index contributed by atoms with van der Waals surface area (Å²) in [7, 11) is 0. The Balaban J connectivity index is 1.51. The van der Waals surface area contributed by atoms with Gasteiger partial charge in [0.05, 0.1) is 0 Å². The number of anilines is 3. The van der Waals surface area contributed by atoms with Crippen LogP contribution in [0, 0.1) is 0 Å². The van der Waals surface area contributed by atoms with Gasteiger partial charge in [0, 0.05) is 23.1 Å². The zero-order chi connectivity index (χ0) is 30.0. The Morgan fingerprint density at radius 2 is 1.12 bits per heavy atom. The molecule has 0 saturated heterocycles. The molecule has 0 saturated carbocycles. The van der Waals surface area contributed by atoms with Crippen LogP contribution in [0.1, 0.15) is 16.7 Å². The van der Waals surface area contributed by atoms with Crippen LogP contribution in [-0.4, -0.2) is 17.4 Å². The summed E-state index contributed by atoms with van der Waals surface area (Å²) in [6.45, 7) is 7.00. The molecule has 0 aliphatic heterocycles. The standard InChI is InChI=1S/C38H31NO4/c1-3-37(40)42-34-23-19-32(20-24-34)39(33-21-25-35(26-22-33)43-38(41)4-2)31-17-15-28(16-18-31)27-36(29-11-7-5-8-12-29)30-13-9-6-10-14-30/h3-27,37,40H,1-2H2. The number of rotatable bonds is 11. The quantitative estimate of drug-likeness (QED) is 0.0433. The molecule has 0 aliphatic carbocycles. The first-order valence-electron chi connectivity index (χ1n) is 13.8. The van der Waals surface area contributed by atoms with Crippen LogP contribution in [0.15, 0.2) is 159 Å². The third-order valence-electron chi connectivity index (χ3n) is 6.67. The fourth-order valence-corrected chi connectivity index (χ4v) is 4.58. The summed E-state index contributed by atoms with van der Waals surface area (Å²) in [5.74, 6) is 0.416. The summed E-state index contributed by atoms with van der Waals surface area (Å²) in [6, 6.07) is 43.7. The average molecular weight is 566 g/mol. The van der Waals surface area contributed by atoms with Crippen LogP contribution >= 0.6 is 0 Å². The minimum atomic E-state index is -1.09. The van der Waals surface area contributed by atoms with E-state index in [-0.39, 0.29) is 0 Å². The maximum absolute atomic E-state index is 11.7. The Bertz CT molecular complexity index is 1650. The van der Waals surface area contributed by atoms with Crippen molar-refractivity contribution >= 4 is 34.7 Å². The van der Waals surface area contributed by atoms with Crippen molar-refractivity contribution in [3.63, 3.8) is 0 Å². The number of carbonyl (C=O) groups is 1. The molecule has 0 bridgehead atoms.